The van der Waals surface area contributed by atoms with Crippen LogP contribution in [-0.4, -0.2) is 19.4 Å². The topological polar surface area (TPSA) is 20.2 Å². The zero-order valence-corrected chi connectivity index (χ0v) is 12.1. The lowest BCUT2D eigenvalue weighted by Gasteiger charge is -2.07. The van der Waals surface area contributed by atoms with Crippen LogP contribution < -0.4 is 0 Å². The van der Waals surface area contributed by atoms with E-state index >= 15 is 0 Å². The number of benzene rings is 1. The van der Waals surface area contributed by atoms with E-state index in [0.717, 1.165) is 5.56 Å². The van der Waals surface area contributed by atoms with Crippen molar-refractivity contribution in [3.63, 3.8) is 0 Å². The fourth-order valence-electron chi connectivity index (χ4n) is 1.15. The van der Waals surface area contributed by atoms with Gasteiger partial charge in [0.15, 0.2) is 0 Å². The lowest BCUT2D eigenvalue weighted by atomic mass is 10.1. The molecular weight excluding hydrogens is 232 g/mol. The van der Waals surface area contributed by atoms with E-state index in [2.05, 4.69) is 31.1 Å². The van der Waals surface area contributed by atoms with E-state index in [1.807, 2.05) is 30.5 Å². The van der Waals surface area contributed by atoms with Crippen LogP contribution in [-0.2, 0) is 0 Å². The first-order valence-electron chi connectivity index (χ1n) is 5.27. The van der Waals surface area contributed by atoms with Crippen molar-refractivity contribution in [2.75, 3.05) is 6.26 Å². The summed E-state index contributed by atoms with van der Waals surface area (Å²) in [6.45, 7) is 6.51. The summed E-state index contributed by atoms with van der Waals surface area (Å²) in [4.78, 5) is 1.20. The Bertz CT molecular complexity index is 395. The molecule has 1 N–H and O–H groups in total. The summed E-state index contributed by atoms with van der Waals surface area (Å²) in [7, 11) is -1.40. The minimum Gasteiger partial charge on any atom is -0.376 e. The van der Waals surface area contributed by atoms with Gasteiger partial charge in [-0.05, 0) is 24.0 Å². The van der Waals surface area contributed by atoms with E-state index in [9.17, 15) is 5.11 Å². The molecule has 1 atom stereocenters. The number of thioether (sulfide) groups is 1. The molecule has 0 heterocycles. The molecule has 0 amide bonds. The minimum atomic E-state index is -1.40. The maximum atomic E-state index is 9.89. The second-order valence-corrected chi connectivity index (χ2v) is 10.3. The Balaban J connectivity index is 2.79. The highest BCUT2D eigenvalue weighted by atomic mass is 32.2. The van der Waals surface area contributed by atoms with Crippen LogP contribution in [0.2, 0.25) is 19.6 Å². The fraction of sp³-hybridized carbons (Fsp3) is 0.385. The molecule has 0 aliphatic carbocycles. The Kier molecular flexibility index (Phi) is 4.66. The van der Waals surface area contributed by atoms with Crippen LogP contribution in [0, 0.1) is 11.5 Å². The zero-order chi connectivity index (χ0) is 12.2. The summed E-state index contributed by atoms with van der Waals surface area (Å²) in [5.41, 5.74) is 4.06. The van der Waals surface area contributed by atoms with Crippen LogP contribution >= 0.6 is 11.8 Å². The van der Waals surface area contributed by atoms with E-state index in [1.54, 1.807) is 11.8 Å². The predicted octanol–water partition coefficient (Wildman–Crippen LogP) is 3.32. The molecule has 0 bridgehead atoms. The Morgan fingerprint density at radius 2 is 1.75 bits per heavy atom. The van der Waals surface area contributed by atoms with Crippen LogP contribution in [0.1, 0.15) is 11.7 Å². The smallest absolute Gasteiger partial charge is 0.139 e. The second-order valence-electron chi connectivity index (χ2n) is 4.70. The van der Waals surface area contributed by atoms with Gasteiger partial charge in [0, 0.05) is 4.90 Å². The molecule has 0 fully saturated rings. The molecular formula is C13H18OSSi. The van der Waals surface area contributed by atoms with Gasteiger partial charge < -0.3 is 5.11 Å². The minimum absolute atomic E-state index is 0.650. The van der Waals surface area contributed by atoms with E-state index in [-0.39, 0.29) is 0 Å². The summed E-state index contributed by atoms with van der Waals surface area (Å²) in [5, 5.41) is 9.89. The maximum Gasteiger partial charge on any atom is 0.139 e. The highest BCUT2D eigenvalue weighted by Crippen LogP contribution is 2.18. The first-order chi connectivity index (χ1) is 7.42. The molecule has 0 aliphatic rings. The van der Waals surface area contributed by atoms with E-state index in [4.69, 9.17) is 0 Å². The number of aliphatic hydroxyl groups excluding tert-OH is 1. The van der Waals surface area contributed by atoms with Gasteiger partial charge in [0.2, 0.25) is 0 Å². The summed E-state index contributed by atoms with van der Waals surface area (Å²) >= 11 is 1.70. The molecule has 0 radical (unpaired) electrons. The van der Waals surface area contributed by atoms with Crippen LogP contribution in [0.4, 0.5) is 0 Å². The standard InChI is InChI=1S/C13H18OSSi/c1-15-12-7-5-11(6-8-12)13(14)9-10-16(2,3)4/h5-8,13-14H,1-4H3. The third-order valence-corrected chi connectivity index (χ3v) is 3.65. The van der Waals surface area contributed by atoms with Gasteiger partial charge in [-0.1, -0.05) is 37.7 Å². The van der Waals surface area contributed by atoms with E-state index in [0.29, 0.717) is 0 Å². The van der Waals surface area contributed by atoms with Crippen LogP contribution in [0.25, 0.3) is 0 Å². The number of hydrogen-bond donors (Lipinski definition) is 1. The van der Waals surface area contributed by atoms with Crippen molar-refractivity contribution in [3.05, 3.63) is 29.8 Å². The van der Waals surface area contributed by atoms with Gasteiger partial charge in [-0.3, -0.25) is 0 Å². The van der Waals surface area contributed by atoms with Crippen molar-refractivity contribution in [2.24, 2.45) is 0 Å². The van der Waals surface area contributed by atoms with Crippen molar-refractivity contribution in [1.29, 1.82) is 0 Å². The quantitative estimate of drug-likeness (QED) is 0.493. The second kappa shape index (κ2) is 5.58. The monoisotopic (exact) mass is 250 g/mol. The van der Waals surface area contributed by atoms with Crippen molar-refractivity contribution >= 4 is 19.8 Å². The van der Waals surface area contributed by atoms with E-state index < -0.39 is 14.2 Å². The normalized spacial score (nSPS) is 12.8. The molecule has 1 unspecified atom stereocenters. The summed E-state index contributed by atoms with van der Waals surface area (Å²) in [6, 6.07) is 7.91. The average Bonchev–Trinajstić information content (AvgIpc) is 2.25. The maximum absolute atomic E-state index is 9.89. The Morgan fingerprint density at radius 1 is 1.19 bits per heavy atom. The molecule has 1 aromatic rings. The molecule has 0 saturated heterocycles. The van der Waals surface area contributed by atoms with Gasteiger partial charge in [0.1, 0.15) is 14.2 Å². The van der Waals surface area contributed by atoms with Gasteiger partial charge in [-0.25, -0.2) is 0 Å². The van der Waals surface area contributed by atoms with E-state index in [1.165, 1.54) is 4.90 Å². The van der Waals surface area contributed by atoms with Crippen molar-refractivity contribution in [3.8, 4) is 11.5 Å². The molecule has 0 aromatic heterocycles. The van der Waals surface area contributed by atoms with Crippen LogP contribution in [0.5, 0.6) is 0 Å². The third kappa shape index (κ3) is 4.44. The summed E-state index contributed by atoms with van der Waals surface area (Å²) in [6.07, 6.45) is 1.39. The van der Waals surface area contributed by atoms with Crippen LogP contribution in [0.15, 0.2) is 29.2 Å². The lowest BCUT2D eigenvalue weighted by Crippen LogP contribution is -2.16. The molecule has 0 saturated carbocycles. The van der Waals surface area contributed by atoms with Crippen molar-refractivity contribution in [1.82, 2.24) is 0 Å². The number of aliphatic hydroxyl groups is 1. The van der Waals surface area contributed by atoms with Gasteiger partial charge in [-0.15, -0.1) is 17.3 Å². The molecule has 1 nitrogen and oxygen atoms in total. The number of rotatable bonds is 2. The predicted molar refractivity (Wildman–Crippen MR) is 74.3 cm³/mol. The first-order valence-corrected chi connectivity index (χ1v) is 9.99. The third-order valence-electron chi connectivity index (χ3n) is 2.02. The van der Waals surface area contributed by atoms with Crippen molar-refractivity contribution < 1.29 is 5.11 Å². The van der Waals surface area contributed by atoms with Gasteiger partial charge in [0.25, 0.3) is 0 Å². The molecule has 1 rings (SSSR count). The summed E-state index contributed by atoms with van der Waals surface area (Å²) < 4.78 is 0. The molecule has 86 valence electrons. The molecule has 1 aromatic carbocycles. The molecule has 16 heavy (non-hydrogen) atoms. The molecule has 3 heteroatoms. The average molecular weight is 250 g/mol. The van der Waals surface area contributed by atoms with Crippen molar-refractivity contribution in [2.45, 2.75) is 30.6 Å². The number of hydrogen-bond acceptors (Lipinski definition) is 2. The van der Waals surface area contributed by atoms with Gasteiger partial charge in [-0.2, -0.15) is 0 Å². The van der Waals surface area contributed by atoms with Crippen LogP contribution in [0.3, 0.4) is 0 Å². The first kappa shape index (κ1) is 13.4. The zero-order valence-electron chi connectivity index (χ0n) is 10.2. The largest absolute Gasteiger partial charge is 0.376 e. The lowest BCUT2D eigenvalue weighted by molar-refractivity contribution is 0.238. The van der Waals surface area contributed by atoms with Gasteiger partial charge >= 0.3 is 0 Å². The fourth-order valence-corrected chi connectivity index (χ4v) is 2.13. The highest BCUT2D eigenvalue weighted by Gasteiger charge is 2.09. The molecule has 0 aliphatic heterocycles. The highest BCUT2D eigenvalue weighted by molar-refractivity contribution is 7.98. The van der Waals surface area contributed by atoms with Gasteiger partial charge in [0.05, 0.1) is 0 Å². The summed E-state index contributed by atoms with van der Waals surface area (Å²) in [5.74, 6) is 2.94. The SMILES string of the molecule is CSc1ccc(C(O)C#C[Si](C)(C)C)cc1. The Hall–Kier alpha value is -0.693. The Morgan fingerprint density at radius 3 is 2.19 bits per heavy atom. The Labute approximate surface area is 103 Å². The molecule has 0 spiro atoms.